The zero-order valence-corrected chi connectivity index (χ0v) is 12.6. The highest BCUT2D eigenvalue weighted by atomic mass is 79.9. The summed E-state index contributed by atoms with van der Waals surface area (Å²) in [5, 5.41) is 2.74. The number of hydrogen-bond acceptors (Lipinski definition) is 2. The number of amides is 1. The van der Waals surface area contributed by atoms with Crippen LogP contribution in [0.5, 0.6) is 0 Å². The van der Waals surface area contributed by atoms with Crippen LogP contribution >= 0.6 is 27.5 Å². The number of rotatable bonds is 3. The summed E-state index contributed by atoms with van der Waals surface area (Å²) in [7, 11) is 0. The fourth-order valence-corrected chi connectivity index (χ4v) is 2.23. The largest absolute Gasteiger partial charge is 0.433 e. The molecule has 0 bridgehead atoms. The summed E-state index contributed by atoms with van der Waals surface area (Å²) in [5.74, 6) is -0.931. The first-order chi connectivity index (χ1) is 9.80. The summed E-state index contributed by atoms with van der Waals surface area (Å²) in [6, 6.07) is 5.07. The second kappa shape index (κ2) is 6.07. The molecule has 21 heavy (non-hydrogen) atoms. The van der Waals surface area contributed by atoms with Crippen LogP contribution in [0.1, 0.15) is 21.7 Å². The number of nitrogens with one attached hydrogen (secondary N) is 2. The van der Waals surface area contributed by atoms with Crippen LogP contribution in [-0.2, 0) is 12.7 Å². The standard InChI is InChI=1S/C12H8BrClF3N3O/c13-7-3-1-2-6(8(7)14)4-18-11(21)9-10(12(15,16)17)20-5-19-9/h1-3,5H,4H2,(H,18,21)(H,19,20). The highest BCUT2D eigenvalue weighted by Gasteiger charge is 2.37. The van der Waals surface area contributed by atoms with Crippen LogP contribution in [0.25, 0.3) is 0 Å². The SMILES string of the molecule is O=C(NCc1cccc(Br)c1Cl)c1nc[nH]c1C(F)(F)F. The number of aromatic nitrogens is 2. The van der Waals surface area contributed by atoms with Gasteiger partial charge in [-0.15, -0.1) is 0 Å². The molecule has 1 aromatic heterocycles. The van der Waals surface area contributed by atoms with E-state index in [1.165, 1.54) is 0 Å². The van der Waals surface area contributed by atoms with Gasteiger partial charge in [0.25, 0.3) is 5.91 Å². The topological polar surface area (TPSA) is 57.8 Å². The van der Waals surface area contributed by atoms with E-state index in [4.69, 9.17) is 11.6 Å². The first-order valence-corrected chi connectivity index (χ1v) is 6.79. The molecule has 112 valence electrons. The fourth-order valence-electron chi connectivity index (χ4n) is 1.63. The number of imidazole rings is 1. The Balaban J connectivity index is 2.13. The second-order valence-corrected chi connectivity index (χ2v) is 5.25. The molecule has 1 amide bonds. The van der Waals surface area contributed by atoms with Gasteiger partial charge in [0.2, 0.25) is 0 Å². The van der Waals surface area contributed by atoms with Crippen LogP contribution < -0.4 is 5.32 Å². The lowest BCUT2D eigenvalue weighted by atomic mass is 10.2. The van der Waals surface area contributed by atoms with Crippen molar-refractivity contribution in [3.05, 3.63) is 51.0 Å². The average Bonchev–Trinajstić information content (AvgIpc) is 2.89. The number of hydrogen-bond donors (Lipinski definition) is 2. The zero-order valence-electron chi connectivity index (χ0n) is 10.3. The van der Waals surface area contributed by atoms with Crippen molar-refractivity contribution in [2.45, 2.75) is 12.7 Å². The molecule has 2 rings (SSSR count). The number of nitrogens with zero attached hydrogens (tertiary/aromatic N) is 1. The Labute approximate surface area is 130 Å². The van der Waals surface area contributed by atoms with Gasteiger partial charge in [-0.1, -0.05) is 23.7 Å². The highest BCUT2D eigenvalue weighted by molar-refractivity contribution is 9.10. The number of carbonyl (C=O) groups is 1. The predicted octanol–water partition coefficient (Wildman–Crippen LogP) is 3.77. The monoisotopic (exact) mass is 381 g/mol. The maximum atomic E-state index is 12.6. The number of aromatic amines is 1. The van der Waals surface area contributed by atoms with E-state index in [9.17, 15) is 18.0 Å². The Hall–Kier alpha value is -1.54. The van der Waals surface area contributed by atoms with Gasteiger partial charge in [-0.25, -0.2) is 4.98 Å². The van der Waals surface area contributed by atoms with Gasteiger partial charge in [0.15, 0.2) is 11.4 Å². The maximum absolute atomic E-state index is 12.6. The molecule has 0 radical (unpaired) electrons. The van der Waals surface area contributed by atoms with Gasteiger partial charge in [0, 0.05) is 11.0 Å². The Kier molecular flexibility index (Phi) is 4.58. The van der Waals surface area contributed by atoms with E-state index in [1.54, 1.807) is 18.2 Å². The van der Waals surface area contributed by atoms with Crippen molar-refractivity contribution in [1.82, 2.24) is 15.3 Å². The normalized spacial score (nSPS) is 11.5. The third-order valence-corrected chi connectivity index (χ3v) is 3.94. The lowest BCUT2D eigenvalue weighted by Crippen LogP contribution is -2.26. The van der Waals surface area contributed by atoms with Crippen molar-refractivity contribution in [3.8, 4) is 0 Å². The summed E-state index contributed by atoms with van der Waals surface area (Å²) in [5.41, 5.74) is -1.31. The van der Waals surface area contributed by atoms with Gasteiger partial charge in [-0.05, 0) is 27.6 Å². The Morgan fingerprint density at radius 1 is 1.43 bits per heavy atom. The molecule has 0 spiro atoms. The molecule has 4 nitrogen and oxygen atoms in total. The number of alkyl halides is 3. The molecular weight excluding hydrogens is 375 g/mol. The van der Waals surface area contributed by atoms with Gasteiger partial charge in [0.1, 0.15) is 0 Å². The molecule has 0 aliphatic heterocycles. The van der Waals surface area contributed by atoms with Crippen LogP contribution in [0.2, 0.25) is 5.02 Å². The zero-order chi connectivity index (χ0) is 15.6. The van der Waals surface area contributed by atoms with Crippen LogP contribution in [0, 0.1) is 0 Å². The lowest BCUT2D eigenvalue weighted by molar-refractivity contribution is -0.141. The predicted molar refractivity (Wildman–Crippen MR) is 73.9 cm³/mol. The highest BCUT2D eigenvalue weighted by Crippen LogP contribution is 2.30. The summed E-state index contributed by atoms with van der Waals surface area (Å²) in [6.45, 7) is -0.0126. The van der Waals surface area contributed by atoms with Crippen molar-refractivity contribution in [2.75, 3.05) is 0 Å². The van der Waals surface area contributed by atoms with E-state index in [2.05, 4.69) is 26.2 Å². The minimum atomic E-state index is -4.67. The molecule has 0 unspecified atom stereocenters. The molecule has 0 atom stereocenters. The van der Waals surface area contributed by atoms with Gasteiger partial charge in [0.05, 0.1) is 11.3 Å². The van der Waals surface area contributed by atoms with Crippen molar-refractivity contribution < 1.29 is 18.0 Å². The quantitative estimate of drug-likeness (QED) is 0.849. The molecule has 0 fully saturated rings. The fraction of sp³-hybridized carbons (Fsp3) is 0.167. The minimum Gasteiger partial charge on any atom is -0.347 e. The molecule has 2 aromatic rings. The summed E-state index contributed by atoms with van der Waals surface area (Å²) >= 11 is 9.22. The van der Waals surface area contributed by atoms with E-state index < -0.39 is 23.5 Å². The summed E-state index contributed by atoms with van der Waals surface area (Å²) < 4.78 is 38.6. The van der Waals surface area contributed by atoms with Gasteiger partial charge >= 0.3 is 6.18 Å². The maximum Gasteiger partial charge on any atom is 0.433 e. The molecule has 9 heteroatoms. The van der Waals surface area contributed by atoms with E-state index in [-0.39, 0.29) is 6.54 Å². The van der Waals surface area contributed by atoms with Gasteiger partial charge < -0.3 is 10.3 Å². The number of benzene rings is 1. The van der Waals surface area contributed by atoms with Gasteiger partial charge in [-0.2, -0.15) is 13.2 Å². The van der Waals surface area contributed by atoms with Gasteiger partial charge in [-0.3, -0.25) is 4.79 Å². The third kappa shape index (κ3) is 3.56. The van der Waals surface area contributed by atoms with Crippen molar-refractivity contribution in [3.63, 3.8) is 0 Å². The third-order valence-electron chi connectivity index (χ3n) is 2.61. The molecule has 1 heterocycles. The number of halogens is 5. The average molecular weight is 383 g/mol. The van der Waals surface area contributed by atoms with E-state index in [0.717, 1.165) is 6.33 Å². The minimum absolute atomic E-state index is 0.0126. The first-order valence-electron chi connectivity index (χ1n) is 5.62. The number of carbonyl (C=O) groups excluding carboxylic acids is 1. The molecule has 2 N–H and O–H groups in total. The van der Waals surface area contributed by atoms with Crippen LogP contribution in [0.3, 0.4) is 0 Å². The second-order valence-electron chi connectivity index (χ2n) is 4.02. The van der Waals surface area contributed by atoms with Crippen molar-refractivity contribution in [2.24, 2.45) is 0 Å². The van der Waals surface area contributed by atoms with Crippen molar-refractivity contribution in [1.29, 1.82) is 0 Å². The smallest absolute Gasteiger partial charge is 0.347 e. The molecule has 0 saturated heterocycles. The molecule has 0 aliphatic carbocycles. The van der Waals surface area contributed by atoms with Crippen LogP contribution in [0.15, 0.2) is 29.0 Å². The molecular formula is C12H8BrClF3N3O. The summed E-state index contributed by atoms with van der Waals surface area (Å²) in [6.07, 6.45) is -3.85. The van der Waals surface area contributed by atoms with Crippen LogP contribution in [-0.4, -0.2) is 15.9 Å². The molecule has 1 aromatic carbocycles. The summed E-state index contributed by atoms with van der Waals surface area (Å²) in [4.78, 5) is 17.1. The molecule has 0 aliphatic rings. The lowest BCUT2D eigenvalue weighted by Gasteiger charge is -2.09. The first kappa shape index (κ1) is 15.8. The Morgan fingerprint density at radius 2 is 2.14 bits per heavy atom. The Bertz CT molecular complexity index is 672. The van der Waals surface area contributed by atoms with E-state index in [1.807, 2.05) is 4.98 Å². The van der Waals surface area contributed by atoms with Crippen LogP contribution in [0.4, 0.5) is 13.2 Å². The number of H-pyrrole nitrogens is 1. The van der Waals surface area contributed by atoms with E-state index >= 15 is 0 Å². The Morgan fingerprint density at radius 3 is 2.81 bits per heavy atom. The van der Waals surface area contributed by atoms with E-state index in [0.29, 0.717) is 15.1 Å². The van der Waals surface area contributed by atoms with Crippen molar-refractivity contribution >= 4 is 33.4 Å². The molecule has 0 saturated carbocycles.